The Labute approximate surface area is 80.6 Å². The molecule has 1 heterocycles. The van der Waals surface area contributed by atoms with Crippen LogP contribution in [0.4, 0.5) is 4.39 Å². The number of carboxylic acid groups (broad SMARTS) is 1. The maximum atomic E-state index is 13.3. The molecule has 0 spiro atoms. The van der Waals surface area contributed by atoms with Gasteiger partial charge in [-0.2, -0.15) is 0 Å². The molecule has 74 valence electrons. The van der Waals surface area contributed by atoms with E-state index in [1.165, 1.54) is 18.2 Å². The van der Waals surface area contributed by atoms with E-state index >= 15 is 0 Å². The SMILES string of the molecule is O=C(O)c1ccc(F)c(C2CCN2)c1. The fraction of sp³-hybridized carbons (Fsp3) is 0.300. The number of rotatable bonds is 2. The van der Waals surface area contributed by atoms with Crippen molar-refractivity contribution in [1.82, 2.24) is 5.32 Å². The Balaban J connectivity index is 2.36. The predicted octanol–water partition coefficient (Wildman–Crippen LogP) is 1.56. The van der Waals surface area contributed by atoms with E-state index in [2.05, 4.69) is 5.32 Å². The highest BCUT2D eigenvalue weighted by molar-refractivity contribution is 5.87. The molecule has 4 heteroatoms. The average molecular weight is 195 g/mol. The largest absolute Gasteiger partial charge is 0.478 e. The van der Waals surface area contributed by atoms with Crippen molar-refractivity contribution in [2.24, 2.45) is 0 Å². The zero-order valence-corrected chi connectivity index (χ0v) is 7.46. The summed E-state index contributed by atoms with van der Waals surface area (Å²) in [4.78, 5) is 10.7. The van der Waals surface area contributed by atoms with Crippen LogP contribution in [0.15, 0.2) is 18.2 Å². The van der Waals surface area contributed by atoms with Crippen molar-refractivity contribution in [2.45, 2.75) is 12.5 Å². The van der Waals surface area contributed by atoms with Crippen molar-refractivity contribution in [3.63, 3.8) is 0 Å². The summed E-state index contributed by atoms with van der Waals surface area (Å²) in [5.74, 6) is -1.36. The highest BCUT2D eigenvalue weighted by Gasteiger charge is 2.22. The van der Waals surface area contributed by atoms with Gasteiger partial charge in [0.25, 0.3) is 0 Å². The molecule has 1 aliphatic heterocycles. The van der Waals surface area contributed by atoms with Gasteiger partial charge in [-0.3, -0.25) is 0 Å². The summed E-state index contributed by atoms with van der Waals surface area (Å²) in [7, 11) is 0. The van der Waals surface area contributed by atoms with Crippen LogP contribution in [0.25, 0.3) is 0 Å². The van der Waals surface area contributed by atoms with Crippen LogP contribution in [0.2, 0.25) is 0 Å². The summed E-state index contributed by atoms with van der Waals surface area (Å²) in [6.07, 6.45) is 0.861. The summed E-state index contributed by atoms with van der Waals surface area (Å²) in [6.45, 7) is 0.863. The first-order chi connectivity index (χ1) is 6.68. The smallest absolute Gasteiger partial charge is 0.335 e. The lowest BCUT2D eigenvalue weighted by atomic mass is 9.96. The van der Waals surface area contributed by atoms with E-state index in [0.29, 0.717) is 5.56 Å². The number of carboxylic acids is 1. The monoisotopic (exact) mass is 195 g/mol. The third-order valence-electron chi connectivity index (χ3n) is 2.44. The molecule has 0 amide bonds. The maximum Gasteiger partial charge on any atom is 0.335 e. The van der Waals surface area contributed by atoms with E-state index in [4.69, 9.17) is 5.11 Å². The quantitative estimate of drug-likeness (QED) is 0.752. The second-order valence-electron chi connectivity index (χ2n) is 3.34. The van der Waals surface area contributed by atoms with Gasteiger partial charge in [-0.25, -0.2) is 9.18 Å². The first-order valence-corrected chi connectivity index (χ1v) is 4.44. The summed E-state index contributed by atoms with van der Waals surface area (Å²) >= 11 is 0. The number of hydrogen-bond acceptors (Lipinski definition) is 2. The molecular formula is C10H10FNO2. The van der Waals surface area contributed by atoms with Gasteiger partial charge in [-0.1, -0.05) is 0 Å². The van der Waals surface area contributed by atoms with Crippen LogP contribution in [-0.2, 0) is 0 Å². The number of nitrogens with one attached hydrogen (secondary N) is 1. The Kier molecular flexibility index (Phi) is 2.21. The van der Waals surface area contributed by atoms with Gasteiger partial charge in [-0.15, -0.1) is 0 Å². The van der Waals surface area contributed by atoms with Crippen LogP contribution >= 0.6 is 0 Å². The minimum Gasteiger partial charge on any atom is -0.478 e. The third-order valence-corrected chi connectivity index (χ3v) is 2.44. The first kappa shape index (κ1) is 9.15. The fourth-order valence-electron chi connectivity index (χ4n) is 1.50. The molecule has 0 bridgehead atoms. The first-order valence-electron chi connectivity index (χ1n) is 4.44. The summed E-state index contributed by atoms with van der Waals surface area (Å²) in [6, 6.07) is 3.86. The van der Waals surface area contributed by atoms with Crippen molar-refractivity contribution >= 4 is 5.97 Å². The molecule has 2 N–H and O–H groups in total. The van der Waals surface area contributed by atoms with Gasteiger partial charge in [0, 0.05) is 11.6 Å². The van der Waals surface area contributed by atoms with E-state index in [-0.39, 0.29) is 17.4 Å². The maximum absolute atomic E-state index is 13.3. The molecule has 1 fully saturated rings. The number of carbonyl (C=O) groups is 1. The van der Waals surface area contributed by atoms with Gasteiger partial charge in [0.1, 0.15) is 5.82 Å². The van der Waals surface area contributed by atoms with Crippen LogP contribution in [-0.4, -0.2) is 17.6 Å². The fourth-order valence-corrected chi connectivity index (χ4v) is 1.50. The molecule has 14 heavy (non-hydrogen) atoms. The van der Waals surface area contributed by atoms with E-state index in [9.17, 15) is 9.18 Å². The van der Waals surface area contributed by atoms with Gasteiger partial charge in [-0.05, 0) is 31.2 Å². The van der Waals surface area contributed by atoms with Crippen LogP contribution in [0, 0.1) is 5.82 Å². The van der Waals surface area contributed by atoms with Crippen molar-refractivity contribution in [1.29, 1.82) is 0 Å². The van der Waals surface area contributed by atoms with Crippen molar-refractivity contribution in [3.8, 4) is 0 Å². The van der Waals surface area contributed by atoms with Gasteiger partial charge in [0.2, 0.25) is 0 Å². The molecule has 1 unspecified atom stereocenters. The van der Waals surface area contributed by atoms with Crippen molar-refractivity contribution in [2.75, 3.05) is 6.54 Å². The summed E-state index contributed by atoms with van der Waals surface area (Å²) < 4.78 is 13.3. The van der Waals surface area contributed by atoms with Gasteiger partial charge in [0.05, 0.1) is 5.56 Å². The second-order valence-corrected chi connectivity index (χ2v) is 3.34. The minimum absolute atomic E-state index is 0.0192. The molecule has 0 saturated carbocycles. The van der Waals surface area contributed by atoms with E-state index < -0.39 is 5.97 Å². The second kappa shape index (κ2) is 3.38. The van der Waals surface area contributed by atoms with Crippen LogP contribution in [0.5, 0.6) is 0 Å². The molecule has 1 atom stereocenters. The third kappa shape index (κ3) is 1.48. The lowest BCUT2D eigenvalue weighted by Gasteiger charge is -2.28. The van der Waals surface area contributed by atoms with Crippen molar-refractivity contribution in [3.05, 3.63) is 35.1 Å². The van der Waals surface area contributed by atoms with E-state index in [1.807, 2.05) is 0 Å². The zero-order valence-electron chi connectivity index (χ0n) is 7.46. The van der Waals surface area contributed by atoms with E-state index in [0.717, 1.165) is 13.0 Å². The molecule has 0 aromatic heterocycles. The number of hydrogen-bond donors (Lipinski definition) is 2. The van der Waals surface area contributed by atoms with Gasteiger partial charge >= 0.3 is 5.97 Å². The molecular weight excluding hydrogens is 185 g/mol. The standard InChI is InChI=1S/C10H10FNO2/c11-8-2-1-6(10(13)14)5-7(8)9-3-4-12-9/h1-2,5,9,12H,3-4H2,(H,13,14). The Hall–Kier alpha value is -1.42. The highest BCUT2D eigenvalue weighted by Crippen LogP contribution is 2.26. The Morgan fingerprint density at radius 1 is 1.57 bits per heavy atom. The topological polar surface area (TPSA) is 49.3 Å². The molecule has 1 aliphatic rings. The zero-order chi connectivity index (χ0) is 10.1. The molecule has 1 aromatic carbocycles. The van der Waals surface area contributed by atoms with Gasteiger partial charge in [0.15, 0.2) is 0 Å². The van der Waals surface area contributed by atoms with Crippen LogP contribution in [0.3, 0.4) is 0 Å². The van der Waals surface area contributed by atoms with E-state index in [1.54, 1.807) is 0 Å². The Bertz CT molecular complexity index is 374. The minimum atomic E-state index is -1.02. The van der Waals surface area contributed by atoms with Gasteiger partial charge < -0.3 is 10.4 Å². The van der Waals surface area contributed by atoms with Crippen molar-refractivity contribution < 1.29 is 14.3 Å². The summed E-state index contributed by atoms with van der Waals surface area (Å²) in [5.41, 5.74) is 0.589. The molecule has 0 aliphatic carbocycles. The summed E-state index contributed by atoms with van der Waals surface area (Å²) in [5, 5.41) is 11.8. The van der Waals surface area contributed by atoms with Crippen LogP contribution < -0.4 is 5.32 Å². The molecule has 2 rings (SSSR count). The highest BCUT2D eigenvalue weighted by atomic mass is 19.1. The lowest BCUT2D eigenvalue weighted by Crippen LogP contribution is -2.35. The molecule has 3 nitrogen and oxygen atoms in total. The Morgan fingerprint density at radius 3 is 2.79 bits per heavy atom. The number of benzene rings is 1. The predicted molar refractivity (Wildman–Crippen MR) is 48.7 cm³/mol. The Morgan fingerprint density at radius 2 is 2.29 bits per heavy atom. The number of halogens is 1. The normalized spacial score (nSPS) is 20.2. The molecule has 1 saturated heterocycles. The average Bonchev–Trinajstić information content (AvgIpc) is 2.05. The lowest BCUT2D eigenvalue weighted by molar-refractivity contribution is 0.0696. The molecule has 0 radical (unpaired) electrons. The number of aromatic carboxylic acids is 1. The molecule has 1 aromatic rings. The van der Waals surface area contributed by atoms with Crippen LogP contribution in [0.1, 0.15) is 28.4 Å².